The number of carbonyl (C=O) groups excluding carboxylic acids is 1. The second kappa shape index (κ2) is 5.72. The highest BCUT2D eigenvalue weighted by Crippen LogP contribution is 2.30. The lowest BCUT2D eigenvalue weighted by atomic mass is 9.84. The maximum Gasteiger partial charge on any atom is 0.256 e. The van der Waals surface area contributed by atoms with Crippen LogP contribution in [0.4, 0.5) is 8.78 Å². The second-order valence-corrected chi connectivity index (χ2v) is 6.09. The van der Waals surface area contributed by atoms with Crippen LogP contribution in [0, 0.1) is 17.6 Å². The van der Waals surface area contributed by atoms with Crippen LogP contribution in [0.5, 0.6) is 0 Å². The lowest BCUT2D eigenvalue weighted by Crippen LogP contribution is -2.54. The fourth-order valence-corrected chi connectivity index (χ4v) is 3.68. The summed E-state index contributed by atoms with van der Waals surface area (Å²) < 4.78 is 27.0. The Morgan fingerprint density at radius 2 is 2.05 bits per heavy atom. The molecule has 2 aliphatic rings. The number of piperidine rings is 2. The minimum absolute atomic E-state index is 0.155. The summed E-state index contributed by atoms with van der Waals surface area (Å²) in [6.07, 6.45) is 3.14. The maximum atomic E-state index is 13.8. The lowest BCUT2D eigenvalue weighted by Gasteiger charge is -2.46. The van der Waals surface area contributed by atoms with Crippen molar-refractivity contribution in [3.05, 3.63) is 35.4 Å². The first kappa shape index (κ1) is 14.4. The van der Waals surface area contributed by atoms with E-state index in [1.165, 1.54) is 12.1 Å². The summed E-state index contributed by atoms with van der Waals surface area (Å²) >= 11 is 0. The number of amides is 1. The van der Waals surface area contributed by atoms with Gasteiger partial charge < -0.3 is 9.80 Å². The quantitative estimate of drug-likeness (QED) is 0.794. The molecule has 0 N–H and O–H groups in total. The van der Waals surface area contributed by atoms with Crippen molar-refractivity contribution in [2.45, 2.75) is 25.3 Å². The standard InChI is InChI=1S/C16H20F2N2O/c1-19-8-3-4-11-10-20(9-7-14(11)19)16(21)12-5-2-6-13(17)15(12)18/h2,5-6,11,14H,3-4,7-10H2,1H3. The second-order valence-electron chi connectivity index (χ2n) is 6.09. The van der Waals surface area contributed by atoms with Gasteiger partial charge in [-0.2, -0.15) is 0 Å². The monoisotopic (exact) mass is 294 g/mol. The Labute approximate surface area is 123 Å². The van der Waals surface area contributed by atoms with Gasteiger partial charge >= 0.3 is 0 Å². The summed E-state index contributed by atoms with van der Waals surface area (Å²) in [5.41, 5.74) is -0.155. The predicted octanol–water partition coefficient (Wildman–Crippen LogP) is 2.52. The van der Waals surface area contributed by atoms with Crippen LogP contribution in [0.3, 0.4) is 0 Å². The average molecular weight is 294 g/mol. The Bertz CT molecular complexity index is 549. The van der Waals surface area contributed by atoms with Crippen molar-refractivity contribution in [3.63, 3.8) is 0 Å². The Balaban J connectivity index is 1.76. The first-order chi connectivity index (χ1) is 10.1. The number of fused-ring (bicyclic) bond motifs is 1. The van der Waals surface area contributed by atoms with Gasteiger partial charge in [-0.3, -0.25) is 4.79 Å². The van der Waals surface area contributed by atoms with E-state index < -0.39 is 17.5 Å². The molecule has 114 valence electrons. The van der Waals surface area contributed by atoms with Gasteiger partial charge in [-0.25, -0.2) is 8.78 Å². The highest BCUT2D eigenvalue weighted by atomic mass is 19.2. The van der Waals surface area contributed by atoms with Crippen molar-refractivity contribution in [2.75, 3.05) is 26.7 Å². The molecule has 0 radical (unpaired) electrons. The van der Waals surface area contributed by atoms with E-state index in [-0.39, 0.29) is 5.56 Å². The van der Waals surface area contributed by atoms with Crippen LogP contribution in [0.1, 0.15) is 29.6 Å². The van der Waals surface area contributed by atoms with E-state index in [0.717, 1.165) is 31.9 Å². The number of halogens is 2. The molecule has 5 heteroatoms. The molecule has 0 aliphatic carbocycles. The molecule has 2 fully saturated rings. The van der Waals surface area contributed by atoms with Crippen molar-refractivity contribution >= 4 is 5.91 Å². The summed E-state index contributed by atoms with van der Waals surface area (Å²) in [6, 6.07) is 4.29. The Morgan fingerprint density at radius 3 is 2.86 bits per heavy atom. The molecule has 0 bridgehead atoms. The third-order valence-electron chi connectivity index (χ3n) is 4.81. The van der Waals surface area contributed by atoms with E-state index in [1.54, 1.807) is 4.90 Å². The van der Waals surface area contributed by atoms with Gasteiger partial charge in [0.1, 0.15) is 0 Å². The third kappa shape index (κ3) is 2.67. The minimum Gasteiger partial charge on any atom is -0.338 e. The van der Waals surface area contributed by atoms with Crippen molar-refractivity contribution < 1.29 is 13.6 Å². The minimum atomic E-state index is -1.04. The van der Waals surface area contributed by atoms with E-state index >= 15 is 0 Å². The van der Waals surface area contributed by atoms with E-state index in [1.807, 2.05) is 0 Å². The molecule has 0 saturated carbocycles. The largest absolute Gasteiger partial charge is 0.338 e. The zero-order valence-electron chi connectivity index (χ0n) is 12.2. The molecule has 1 amide bonds. The van der Waals surface area contributed by atoms with E-state index in [0.29, 0.717) is 25.0 Å². The average Bonchev–Trinajstić information content (AvgIpc) is 2.49. The molecule has 21 heavy (non-hydrogen) atoms. The van der Waals surface area contributed by atoms with Gasteiger partial charge in [-0.05, 0) is 50.9 Å². The number of hydrogen-bond donors (Lipinski definition) is 0. The molecule has 2 heterocycles. The number of rotatable bonds is 1. The summed E-state index contributed by atoms with van der Waals surface area (Å²) in [5, 5.41) is 0. The number of benzene rings is 1. The molecular weight excluding hydrogens is 274 g/mol. The van der Waals surface area contributed by atoms with Crippen molar-refractivity contribution in [3.8, 4) is 0 Å². The van der Waals surface area contributed by atoms with Gasteiger partial charge in [0.05, 0.1) is 5.56 Å². The van der Waals surface area contributed by atoms with Crippen LogP contribution in [0.25, 0.3) is 0 Å². The molecule has 0 spiro atoms. The van der Waals surface area contributed by atoms with E-state index in [4.69, 9.17) is 0 Å². The molecule has 3 rings (SSSR count). The zero-order valence-corrected chi connectivity index (χ0v) is 12.2. The van der Waals surface area contributed by atoms with Gasteiger partial charge in [0, 0.05) is 19.1 Å². The highest BCUT2D eigenvalue weighted by molar-refractivity contribution is 5.94. The van der Waals surface area contributed by atoms with Crippen molar-refractivity contribution in [1.29, 1.82) is 0 Å². The lowest BCUT2D eigenvalue weighted by molar-refractivity contribution is 0.0313. The van der Waals surface area contributed by atoms with Crippen molar-refractivity contribution in [2.24, 2.45) is 5.92 Å². The maximum absolute atomic E-state index is 13.8. The fourth-order valence-electron chi connectivity index (χ4n) is 3.68. The van der Waals surface area contributed by atoms with Crippen LogP contribution < -0.4 is 0 Å². The molecule has 1 aromatic carbocycles. The predicted molar refractivity (Wildman–Crippen MR) is 76.0 cm³/mol. The fraction of sp³-hybridized carbons (Fsp3) is 0.562. The van der Waals surface area contributed by atoms with Crippen LogP contribution in [-0.4, -0.2) is 48.4 Å². The van der Waals surface area contributed by atoms with Crippen molar-refractivity contribution in [1.82, 2.24) is 9.80 Å². The SMILES string of the molecule is CN1CCCC2CN(C(=O)c3cccc(F)c3F)CCC21. The number of nitrogens with zero attached hydrogens (tertiary/aromatic N) is 2. The molecule has 2 saturated heterocycles. The number of hydrogen-bond acceptors (Lipinski definition) is 2. The van der Waals surface area contributed by atoms with Crippen LogP contribution in [0.2, 0.25) is 0 Å². The molecule has 2 aliphatic heterocycles. The summed E-state index contributed by atoms with van der Waals surface area (Å²) in [4.78, 5) is 16.5. The normalized spacial score (nSPS) is 26.5. The number of likely N-dealkylation sites (tertiary alicyclic amines) is 2. The summed E-state index contributed by atoms with van der Waals surface area (Å²) in [6.45, 7) is 2.36. The Kier molecular flexibility index (Phi) is 3.93. The molecule has 1 aromatic rings. The smallest absolute Gasteiger partial charge is 0.256 e. The summed E-state index contributed by atoms with van der Waals surface area (Å²) in [7, 11) is 2.13. The van der Waals surface area contributed by atoms with E-state index in [9.17, 15) is 13.6 Å². The molecule has 0 aromatic heterocycles. The summed E-state index contributed by atoms with van der Waals surface area (Å²) in [5.74, 6) is -1.95. The highest BCUT2D eigenvalue weighted by Gasteiger charge is 2.36. The van der Waals surface area contributed by atoms with Gasteiger partial charge in [0.25, 0.3) is 5.91 Å². The number of carbonyl (C=O) groups is 1. The Morgan fingerprint density at radius 1 is 1.24 bits per heavy atom. The molecule has 3 nitrogen and oxygen atoms in total. The first-order valence-electron chi connectivity index (χ1n) is 7.51. The zero-order chi connectivity index (χ0) is 15.0. The van der Waals surface area contributed by atoms with Crippen LogP contribution in [-0.2, 0) is 0 Å². The third-order valence-corrected chi connectivity index (χ3v) is 4.81. The molecule has 2 atom stereocenters. The van der Waals surface area contributed by atoms with Gasteiger partial charge in [-0.1, -0.05) is 6.07 Å². The van der Waals surface area contributed by atoms with Crippen LogP contribution in [0.15, 0.2) is 18.2 Å². The molecule has 2 unspecified atom stereocenters. The Hall–Kier alpha value is -1.49. The van der Waals surface area contributed by atoms with Gasteiger partial charge in [0.2, 0.25) is 0 Å². The van der Waals surface area contributed by atoms with Gasteiger partial charge in [-0.15, -0.1) is 0 Å². The van der Waals surface area contributed by atoms with Crippen LogP contribution >= 0.6 is 0 Å². The van der Waals surface area contributed by atoms with Gasteiger partial charge in [0.15, 0.2) is 11.6 Å². The topological polar surface area (TPSA) is 23.6 Å². The van der Waals surface area contributed by atoms with E-state index in [2.05, 4.69) is 11.9 Å². The first-order valence-corrected chi connectivity index (χ1v) is 7.51. The molecular formula is C16H20F2N2O.